The van der Waals surface area contributed by atoms with Gasteiger partial charge < -0.3 is 10.3 Å². The quantitative estimate of drug-likeness (QED) is 0.845. The van der Waals surface area contributed by atoms with Crippen LogP contribution in [0.3, 0.4) is 0 Å². The molecule has 1 amide bonds. The van der Waals surface area contributed by atoms with Gasteiger partial charge in [0.05, 0.1) is 5.39 Å². The van der Waals surface area contributed by atoms with E-state index in [2.05, 4.69) is 15.3 Å². The van der Waals surface area contributed by atoms with Crippen LogP contribution < -0.4 is 10.9 Å². The first kappa shape index (κ1) is 15.8. The zero-order chi connectivity index (χ0) is 16.8. The molecule has 0 saturated heterocycles. The highest BCUT2D eigenvalue weighted by Gasteiger charge is 2.42. The second-order valence-electron chi connectivity index (χ2n) is 7.24. The predicted molar refractivity (Wildman–Crippen MR) is 95.4 cm³/mol. The van der Waals surface area contributed by atoms with Crippen LogP contribution in [-0.2, 0) is 11.2 Å². The fraction of sp³-hybridized carbons (Fsp3) is 0.611. The first-order valence-electron chi connectivity index (χ1n) is 8.81. The van der Waals surface area contributed by atoms with Gasteiger partial charge in [-0.2, -0.15) is 0 Å². The van der Waals surface area contributed by atoms with Gasteiger partial charge in [-0.3, -0.25) is 9.59 Å². The maximum absolute atomic E-state index is 12.3. The average Bonchev–Trinajstić information content (AvgIpc) is 3.44. The van der Waals surface area contributed by atoms with Gasteiger partial charge in [0.25, 0.3) is 5.56 Å². The van der Waals surface area contributed by atoms with Gasteiger partial charge >= 0.3 is 0 Å². The van der Waals surface area contributed by atoms with E-state index in [1.54, 1.807) is 11.3 Å². The number of hydrogen-bond acceptors (Lipinski definition) is 4. The van der Waals surface area contributed by atoms with E-state index >= 15 is 0 Å². The van der Waals surface area contributed by atoms with Crippen molar-refractivity contribution in [2.45, 2.75) is 58.4 Å². The second kappa shape index (κ2) is 5.99. The Balaban J connectivity index is 1.42. The predicted octanol–water partition coefficient (Wildman–Crippen LogP) is 2.84. The lowest BCUT2D eigenvalue weighted by molar-refractivity contribution is -0.122. The molecule has 128 valence electrons. The number of amides is 1. The van der Waals surface area contributed by atoms with Gasteiger partial charge in [0.15, 0.2) is 0 Å². The third-order valence-electron chi connectivity index (χ3n) is 5.26. The number of aromatic amines is 1. The number of rotatable bonds is 6. The maximum atomic E-state index is 12.3. The van der Waals surface area contributed by atoms with Crippen LogP contribution in [0.2, 0.25) is 0 Å². The largest absolute Gasteiger partial charge is 0.353 e. The van der Waals surface area contributed by atoms with E-state index in [0.29, 0.717) is 41.9 Å². The molecular weight excluding hydrogens is 322 g/mol. The molecule has 2 aromatic heterocycles. The number of carbonyl (C=O) groups excluding carboxylic acids is 1. The molecule has 0 aliphatic heterocycles. The van der Waals surface area contributed by atoms with Gasteiger partial charge in [-0.25, -0.2) is 4.98 Å². The van der Waals surface area contributed by atoms with Crippen molar-refractivity contribution < 1.29 is 4.79 Å². The number of aromatic nitrogens is 2. The summed E-state index contributed by atoms with van der Waals surface area (Å²) in [4.78, 5) is 33.8. The molecule has 2 fully saturated rings. The number of fused-ring (bicyclic) bond motifs is 1. The standard InChI is InChI=1S/C18H23N3O2S/c1-9-10(2)24-18-15(9)17(23)19-13(20-18)7-8-14(22)21-16(11-3-4-11)12-5-6-12/h11-12,16H,3-8H2,1-2H3,(H,21,22)(H,19,20,23). The minimum atomic E-state index is -0.0916. The van der Waals surface area contributed by atoms with Crippen LogP contribution in [0.15, 0.2) is 4.79 Å². The topological polar surface area (TPSA) is 74.8 Å². The molecule has 0 unspecified atom stereocenters. The zero-order valence-electron chi connectivity index (χ0n) is 14.1. The van der Waals surface area contributed by atoms with Crippen LogP contribution in [0, 0.1) is 25.7 Å². The van der Waals surface area contributed by atoms with Crippen LogP contribution in [-0.4, -0.2) is 21.9 Å². The lowest BCUT2D eigenvalue weighted by Crippen LogP contribution is -2.38. The Kier molecular flexibility index (Phi) is 3.95. The molecule has 2 aliphatic rings. The second-order valence-corrected chi connectivity index (χ2v) is 8.45. The number of carbonyl (C=O) groups is 1. The van der Waals surface area contributed by atoms with Crippen LogP contribution in [0.4, 0.5) is 0 Å². The molecule has 0 spiro atoms. The Morgan fingerprint density at radius 1 is 1.29 bits per heavy atom. The van der Waals surface area contributed by atoms with Crippen LogP contribution in [0.1, 0.15) is 48.4 Å². The highest BCUT2D eigenvalue weighted by molar-refractivity contribution is 7.18. The normalized spacial score (nSPS) is 17.6. The Morgan fingerprint density at radius 3 is 2.58 bits per heavy atom. The fourth-order valence-electron chi connectivity index (χ4n) is 3.44. The fourth-order valence-corrected chi connectivity index (χ4v) is 4.49. The summed E-state index contributed by atoms with van der Waals surface area (Å²) in [7, 11) is 0. The molecule has 5 nitrogen and oxygen atoms in total. The molecule has 6 heteroatoms. The molecule has 4 rings (SSSR count). The highest BCUT2D eigenvalue weighted by Crippen LogP contribution is 2.44. The van der Waals surface area contributed by atoms with Gasteiger partial charge in [0.1, 0.15) is 10.7 Å². The zero-order valence-corrected chi connectivity index (χ0v) is 15.0. The minimum absolute atomic E-state index is 0.0834. The monoisotopic (exact) mass is 345 g/mol. The summed E-state index contributed by atoms with van der Waals surface area (Å²) in [6.45, 7) is 3.96. The molecule has 2 aliphatic carbocycles. The van der Waals surface area contributed by atoms with Crippen molar-refractivity contribution in [2.75, 3.05) is 0 Å². The first-order valence-corrected chi connectivity index (χ1v) is 9.63. The van der Waals surface area contributed by atoms with Crippen LogP contribution >= 0.6 is 11.3 Å². The summed E-state index contributed by atoms with van der Waals surface area (Å²) in [6, 6.07) is 0.384. The number of thiophene rings is 1. The van der Waals surface area contributed by atoms with Crippen molar-refractivity contribution >= 4 is 27.5 Å². The van der Waals surface area contributed by atoms with Gasteiger partial charge in [-0.1, -0.05) is 0 Å². The Bertz CT molecular complexity index is 834. The van der Waals surface area contributed by atoms with Crippen LogP contribution in [0.5, 0.6) is 0 Å². The molecule has 2 aromatic rings. The summed E-state index contributed by atoms with van der Waals surface area (Å²) in [5.74, 6) is 2.10. The maximum Gasteiger partial charge on any atom is 0.259 e. The van der Waals surface area contributed by atoms with Crippen molar-refractivity contribution in [1.82, 2.24) is 15.3 Å². The molecule has 0 bridgehead atoms. The van der Waals surface area contributed by atoms with Gasteiger partial charge in [-0.15, -0.1) is 11.3 Å². The molecule has 0 aromatic carbocycles. The molecule has 2 heterocycles. The summed E-state index contributed by atoms with van der Waals surface area (Å²) in [5.41, 5.74) is 0.913. The average molecular weight is 345 g/mol. The summed E-state index contributed by atoms with van der Waals surface area (Å²) >= 11 is 1.54. The lowest BCUT2D eigenvalue weighted by Gasteiger charge is -2.17. The van der Waals surface area contributed by atoms with Gasteiger partial charge in [0.2, 0.25) is 5.91 Å². The van der Waals surface area contributed by atoms with E-state index in [9.17, 15) is 9.59 Å². The van der Waals surface area contributed by atoms with Crippen molar-refractivity contribution in [2.24, 2.45) is 11.8 Å². The third-order valence-corrected chi connectivity index (χ3v) is 6.37. The third kappa shape index (κ3) is 3.11. The van der Waals surface area contributed by atoms with E-state index in [-0.39, 0.29) is 11.5 Å². The van der Waals surface area contributed by atoms with E-state index in [1.807, 2.05) is 13.8 Å². The SMILES string of the molecule is Cc1sc2nc(CCC(=O)NC(C3CC3)C3CC3)[nH]c(=O)c2c1C. The molecular formula is C18H23N3O2S. The van der Waals surface area contributed by atoms with E-state index in [1.165, 1.54) is 25.7 Å². The number of nitrogens with zero attached hydrogens (tertiary/aromatic N) is 1. The molecule has 2 saturated carbocycles. The number of nitrogens with one attached hydrogen (secondary N) is 2. The number of aryl methyl sites for hydroxylation is 3. The van der Waals surface area contributed by atoms with Crippen LogP contribution in [0.25, 0.3) is 10.2 Å². The Morgan fingerprint density at radius 2 is 1.96 bits per heavy atom. The first-order chi connectivity index (χ1) is 11.5. The number of hydrogen-bond donors (Lipinski definition) is 2. The van der Waals surface area contributed by atoms with Crippen molar-refractivity contribution in [3.8, 4) is 0 Å². The smallest absolute Gasteiger partial charge is 0.259 e. The Labute approximate surface area is 144 Å². The Hall–Kier alpha value is -1.69. The van der Waals surface area contributed by atoms with Crippen molar-refractivity contribution in [3.63, 3.8) is 0 Å². The minimum Gasteiger partial charge on any atom is -0.353 e. The number of H-pyrrole nitrogens is 1. The summed E-state index contributed by atoms with van der Waals surface area (Å²) in [6.07, 6.45) is 5.88. The summed E-state index contributed by atoms with van der Waals surface area (Å²) < 4.78 is 0. The molecule has 2 N–H and O–H groups in total. The van der Waals surface area contributed by atoms with Crippen molar-refractivity contribution in [3.05, 3.63) is 26.6 Å². The van der Waals surface area contributed by atoms with Gasteiger partial charge in [0, 0.05) is 23.8 Å². The van der Waals surface area contributed by atoms with E-state index in [4.69, 9.17) is 0 Å². The highest BCUT2D eigenvalue weighted by atomic mass is 32.1. The molecule has 24 heavy (non-hydrogen) atoms. The van der Waals surface area contributed by atoms with Gasteiger partial charge in [-0.05, 0) is 56.9 Å². The lowest BCUT2D eigenvalue weighted by atomic mass is 10.1. The molecule has 0 atom stereocenters. The van der Waals surface area contributed by atoms with E-state index < -0.39 is 0 Å². The summed E-state index contributed by atoms with van der Waals surface area (Å²) in [5, 5.41) is 3.91. The molecule has 0 radical (unpaired) electrons. The van der Waals surface area contributed by atoms with Crippen molar-refractivity contribution in [1.29, 1.82) is 0 Å². The van der Waals surface area contributed by atoms with E-state index in [0.717, 1.165) is 15.3 Å².